The van der Waals surface area contributed by atoms with Gasteiger partial charge in [-0.1, -0.05) is 12.1 Å². The first-order valence-corrected chi connectivity index (χ1v) is 8.93. The smallest absolute Gasteiger partial charge is 0.270 e. The van der Waals surface area contributed by atoms with Gasteiger partial charge in [0.1, 0.15) is 5.69 Å². The standard InChI is InChI=1S/C20H23N3O4/c1-13(26)23-8-2-3-15-9-14(5-7-19(15)23)16-4-6-18(21-10-16)20(27)22-17(11-24)12-25/h4-7,9-10,17,24-25H,2-3,8,11-12H2,1H3,(H,22,27). The van der Waals surface area contributed by atoms with Gasteiger partial charge >= 0.3 is 0 Å². The van der Waals surface area contributed by atoms with Crippen molar-refractivity contribution in [2.45, 2.75) is 25.8 Å². The molecule has 2 aromatic rings. The maximum absolute atomic E-state index is 12.1. The molecule has 0 spiro atoms. The normalized spacial score (nSPS) is 13.4. The SMILES string of the molecule is CC(=O)N1CCCc2cc(-c3ccc(C(=O)NC(CO)CO)nc3)ccc21. The third kappa shape index (κ3) is 4.15. The third-order valence-corrected chi connectivity index (χ3v) is 4.68. The predicted molar refractivity (Wildman–Crippen MR) is 101 cm³/mol. The van der Waals surface area contributed by atoms with Crippen molar-refractivity contribution >= 4 is 17.5 Å². The molecule has 3 rings (SSSR count). The molecule has 0 bridgehead atoms. The number of anilines is 1. The van der Waals surface area contributed by atoms with Crippen molar-refractivity contribution in [3.63, 3.8) is 0 Å². The first-order valence-electron chi connectivity index (χ1n) is 8.93. The van der Waals surface area contributed by atoms with Crippen LogP contribution in [0.2, 0.25) is 0 Å². The van der Waals surface area contributed by atoms with Crippen LogP contribution in [-0.2, 0) is 11.2 Å². The average molecular weight is 369 g/mol. The first kappa shape index (κ1) is 19.0. The molecule has 2 heterocycles. The number of amides is 2. The molecule has 1 aliphatic heterocycles. The molecule has 3 N–H and O–H groups in total. The van der Waals surface area contributed by atoms with Gasteiger partial charge in [0, 0.05) is 30.9 Å². The number of benzene rings is 1. The lowest BCUT2D eigenvalue weighted by Crippen LogP contribution is -2.40. The number of hydrogen-bond donors (Lipinski definition) is 3. The second-order valence-corrected chi connectivity index (χ2v) is 6.59. The molecule has 142 valence electrons. The van der Waals surface area contributed by atoms with Gasteiger partial charge in [0.25, 0.3) is 5.91 Å². The van der Waals surface area contributed by atoms with Gasteiger partial charge in [-0.25, -0.2) is 0 Å². The Morgan fingerprint density at radius 1 is 1.19 bits per heavy atom. The summed E-state index contributed by atoms with van der Waals surface area (Å²) < 4.78 is 0. The van der Waals surface area contributed by atoms with Crippen LogP contribution in [0.25, 0.3) is 11.1 Å². The molecule has 0 atom stereocenters. The molecule has 0 radical (unpaired) electrons. The van der Waals surface area contributed by atoms with Crippen LogP contribution in [0.5, 0.6) is 0 Å². The molecule has 0 fully saturated rings. The first-order chi connectivity index (χ1) is 13.0. The van der Waals surface area contributed by atoms with Crippen molar-refractivity contribution in [3.05, 3.63) is 47.8 Å². The summed E-state index contributed by atoms with van der Waals surface area (Å²) >= 11 is 0. The van der Waals surface area contributed by atoms with Crippen molar-refractivity contribution in [3.8, 4) is 11.1 Å². The number of carbonyl (C=O) groups is 2. The fourth-order valence-electron chi connectivity index (χ4n) is 3.21. The van der Waals surface area contributed by atoms with Gasteiger partial charge in [-0.15, -0.1) is 0 Å². The number of carbonyl (C=O) groups excluding carboxylic acids is 2. The van der Waals surface area contributed by atoms with Crippen LogP contribution in [0.15, 0.2) is 36.5 Å². The fraction of sp³-hybridized carbons (Fsp3) is 0.350. The number of nitrogens with one attached hydrogen (secondary N) is 1. The van der Waals surface area contributed by atoms with E-state index in [-0.39, 0.29) is 24.8 Å². The number of hydrogen-bond acceptors (Lipinski definition) is 5. The number of aliphatic hydroxyl groups excluding tert-OH is 2. The van der Waals surface area contributed by atoms with Crippen molar-refractivity contribution in [1.29, 1.82) is 0 Å². The van der Waals surface area contributed by atoms with Crippen LogP contribution in [0.4, 0.5) is 5.69 Å². The highest BCUT2D eigenvalue weighted by atomic mass is 16.3. The second kappa shape index (κ2) is 8.28. The molecule has 0 unspecified atom stereocenters. The van der Waals surface area contributed by atoms with Gasteiger partial charge in [0.15, 0.2) is 0 Å². The molecule has 27 heavy (non-hydrogen) atoms. The Kier molecular flexibility index (Phi) is 5.83. The van der Waals surface area contributed by atoms with E-state index in [1.54, 1.807) is 24.1 Å². The number of aryl methyl sites for hydroxylation is 1. The summed E-state index contributed by atoms with van der Waals surface area (Å²) in [5, 5.41) is 20.6. The lowest BCUT2D eigenvalue weighted by atomic mass is 9.96. The van der Waals surface area contributed by atoms with Crippen molar-refractivity contribution in [2.75, 3.05) is 24.7 Å². The van der Waals surface area contributed by atoms with E-state index in [0.29, 0.717) is 0 Å². The van der Waals surface area contributed by atoms with Crippen molar-refractivity contribution in [1.82, 2.24) is 10.3 Å². The highest BCUT2D eigenvalue weighted by molar-refractivity contribution is 5.94. The van der Waals surface area contributed by atoms with E-state index in [1.807, 2.05) is 18.2 Å². The zero-order valence-corrected chi connectivity index (χ0v) is 15.2. The van der Waals surface area contributed by atoms with E-state index in [9.17, 15) is 9.59 Å². The number of aliphatic hydroxyl groups is 2. The van der Waals surface area contributed by atoms with Gasteiger partial charge in [0.2, 0.25) is 5.91 Å². The number of pyridine rings is 1. The molecular weight excluding hydrogens is 346 g/mol. The molecule has 0 saturated carbocycles. The highest BCUT2D eigenvalue weighted by Gasteiger charge is 2.20. The number of fused-ring (bicyclic) bond motifs is 1. The molecule has 1 aromatic carbocycles. The molecule has 0 aliphatic carbocycles. The van der Waals surface area contributed by atoms with Gasteiger partial charge in [-0.2, -0.15) is 0 Å². The van der Waals surface area contributed by atoms with E-state index >= 15 is 0 Å². The summed E-state index contributed by atoms with van der Waals surface area (Å²) in [5.41, 5.74) is 4.15. The fourth-order valence-corrected chi connectivity index (χ4v) is 3.21. The largest absolute Gasteiger partial charge is 0.394 e. The summed E-state index contributed by atoms with van der Waals surface area (Å²) in [6.45, 7) is 1.64. The Morgan fingerprint density at radius 3 is 2.56 bits per heavy atom. The van der Waals surface area contributed by atoms with Crippen LogP contribution < -0.4 is 10.2 Å². The minimum Gasteiger partial charge on any atom is -0.394 e. The third-order valence-electron chi connectivity index (χ3n) is 4.68. The van der Waals surface area contributed by atoms with Crippen LogP contribution in [0.1, 0.15) is 29.4 Å². The maximum atomic E-state index is 12.1. The Balaban J connectivity index is 1.80. The van der Waals surface area contributed by atoms with E-state index in [4.69, 9.17) is 10.2 Å². The Labute approximate surface area is 157 Å². The van der Waals surface area contributed by atoms with Gasteiger partial charge < -0.3 is 20.4 Å². The molecule has 1 aromatic heterocycles. The van der Waals surface area contributed by atoms with E-state index < -0.39 is 11.9 Å². The summed E-state index contributed by atoms with van der Waals surface area (Å²) in [6, 6.07) is 8.68. The average Bonchev–Trinajstić information content (AvgIpc) is 2.70. The lowest BCUT2D eigenvalue weighted by molar-refractivity contribution is -0.116. The number of nitrogens with zero attached hydrogens (tertiary/aromatic N) is 2. The Morgan fingerprint density at radius 2 is 1.93 bits per heavy atom. The van der Waals surface area contributed by atoms with Crippen LogP contribution >= 0.6 is 0 Å². The summed E-state index contributed by atoms with van der Waals surface area (Å²) in [4.78, 5) is 29.9. The Bertz CT molecular complexity index is 832. The molecule has 7 heteroatoms. The molecule has 2 amide bonds. The lowest BCUT2D eigenvalue weighted by Gasteiger charge is -2.29. The van der Waals surface area contributed by atoms with Crippen LogP contribution in [0.3, 0.4) is 0 Å². The number of rotatable bonds is 5. The van der Waals surface area contributed by atoms with Gasteiger partial charge in [-0.05, 0) is 42.2 Å². The second-order valence-electron chi connectivity index (χ2n) is 6.59. The zero-order chi connectivity index (χ0) is 19.4. The molecule has 1 aliphatic rings. The highest BCUT2D eigenvalue weighted by Crippen LogP contribution is 2.31. The zero-order valence-electron chi connectivity index (χ0n) is 15.2. The van der Waals surface area contributed by atoms with Crippen molar-refractivity contribution < 1.29 is 19.8 Å². The van der Waals surface area contributed by atoms with E-state index in [1.165, 1.54) is 0 Å². The topological polar surface area (TPSA) is 103 Å². The van der Waals surface area contributed by atoms with Gasteiger partial charge in [0.05, 0.1) is 19.3 Å². The van der Waals surface area contributed by atoms with Crippen LogP contribution in [-0.4, -0.2) is 52.8 Å². The van der Waals surface area contributed by atoms with E-state index in [2.05, 4.69) is 16.4 Å². The maximum Gasteiger partial charge on any atom is 0.270 e. The quantitative estimate of drug-likeness (QED) is 0.733. The predicted octanol–water partition coefficient (Wildman–Crippen LogP) is 1.13. The molecule has 0 saturated heterocycles. The molecular formula is C20H23N3O4. The summed E-state index contributed by atoms with van der Waals surface area (Å²) in [7, 11) is 0. The van der Waals surface area contributed by atoms with Crippen LogP contribution in [0, 0.1) is 0 Å². The summed E-state index contributed by atoms with van der Waals surface area (Å²) in [6.07, 6.45) is 3.48. The van der Waals surface area contributed by atoms with Gasteiger partial charge in [-0.3, -0.25) is 14.6 Å². The van der Waals surface area contributed by atoms with Crippen molar-refractivity contribution in [2.24, 2.45) is 0 Å². The summed E-state index contributed by atoms with van der Waals surface area (Å²) in [5.74, 6) is -0.401. The number of aromatic nitrogens is 1. The minimum atomic E-state index is -0.705. The minimum absolute atomic E-state index is 0.0461. The van der Waals surface area contributed by atoms with E-state index in [0.717, 1.165) is 41.8 Å². The Hall–Kier alpha value is -2.77. The monoisotopic (exact) mass is 369 g/mol. The molecule has 7 nitrogen and oxygen atoms in total.